The first-order valence-corrected chi connectivity index (χ1v) is 8.81. The normalized spacial score (nSPS) is 10.5. The monoisotopic (exact) mass is 374 g/mol. The molecule has 3 rings (SSSR count). The molecule has 0 saturated heterocycles. The minimum absolute atomic E-state index is 0.0248. The lowest BCUT2D eigenvalue weighted by atomic mass is 10.1. The number of methoxy groups -OCH3 is 2. The second-order valence-electron chi connectivity index (χ2n) is 5.31. The fourth-order valence-corrected chi connectivity index (χ4v) is 3.06. The average molecular weight is 374 g/mol. The van der Waals surface area contributed by atoms with Crippen LogP contribution in [0, 0.1) is 0 Å². The molecule has 0 atom stereocenters. The number of rotatable bonds is 8. The molecule has 1 aromatic carbocycles. The minimum atomic E-state index is -0.350. The third-order valence-corrected chi connectivity index (χ3v) is 4.50. The summed E-state index contributed by atoms with van der Waals surface area (Å²) in [5.41, 5.74) is 0.878. The molecule has 7 nitrogen and oxygen atoms in total. The first kappa shape index (κ1) is 17.9. The topological polar surface area (TPSA) is 83.7 Å². The van der Waals surface area contributed by atoms with E-state index in [0.717, 1.165) is 10.4 Å². The Labute approximate surface area is 154 Å². The molecule has 0 aliphatic rings. The maximum Gasteiger partial charge on any atom is 0.306 e. The molecule has 0 radical (unpaired) electrons. The van der Waals surface area contributed by atoms with Gasteiger partial charge in [0.05, 0.1) is 19.1 Å². The van der Waals surface area contributed by atoms with Crippen LogP contribution in [0.1, 0.15) is 17.8 Å². The van der Waals surface area contributed by atoms with Gasteiger partial charge in [0.25, 0.3) is 5.89 Å². The number of benzene rings is 1. The van der Waals surface area contributed by atoms with Crippen molar-refractivity contribution < 1.29 is 23.5 Å². The SMILES string of the molecule is COc1cccc(CCC(=O)OCc2noc(-c3cccs3)n2)c1OC. The molecular formula is C18H18N2O5S. The van der Waals surface area contributed by atoms with E-state index in [1.807, 2.05) is 35.7 Å². The molecule has 0 spiro atoms. The standard InChI is InChI=1S/C18H18N2O5S/c1-22-13-6-3-5-12(17(13)23-2)8-9-16(21)24-11-15-19-18(25-20-15)14-7-4-10-26-14/h3-7,10H,8-9,11H2,1-2H3. The molecule has 0 bridgehead atoms. The smallest absolute Gasteiger partial charge is 0.306 e. The predicted octanol–water partition coefficient (Wildman–Crippen LogP) is 3.49. The predicted molar refractivity (Wildman–Crippen MR) is 95.3 cm³/mol. The van der Waals surface area contributed by atoms with Crippen LogP contribution in [0.15, 0.2) is 40.2 Å². The molecule has 2 aromatic heterocycles. The number of para-hydroxylation sites is 1. The lowest BCUT2D eigenvalue weighted by Gasteiger charge is -2.12. The highest BCUT2D eigenvalue weighted by atomic mass is 32.1. The zero-order chi connectivity index (χ0) is 18.4. The molecule has 0 fully saturated rings. The lowest BCUT2D eigenvalue weighted by Crippen LogP contribution is -2.07. The van der Waals surface area contributed by atoms with E-state index in [4.69, 9.17) is 18.7 Å². The van der Waals surface area contributed by atoms with Gasteiger partial charge in [0, 0.05) is 6.42 Å². The van der Waals surface area contributed by atoms with Gasteiger partial charge in [0.15, 0.2) is 18.1 Å². The summed E-state index contributed by atoms with van der Waals surface area (Å²) in [5, 5.41) is 5.74. The van der Waals surface area contributed by atoms with Gasteiger partial charge in [0.1, 0.15) is 0 Å². The summed E-state index contributed by atoms with van der Waals surface area (Å²) in [7, 11) is 3.15. The van der Waals surface area contributed by atoms with Gasteiger partial charge in [-0.05, 0) is 29.5 Å². The van der Waals surface area contributed by atoms with Gasteiger partial charge in [-0.15, -0.1) is 11.3 Å². The Hall–Kier alpha value is -2.87. The Bertz CT molecular complexity index is 860. The van der Waals surface area contributed by atoms with E-state index >= 15 is 0 Å². The van der Waals surface area contributed by atoms with Crippen LogP contribution in [0.5, 0.6) is 11.5 Å². The average Bonchev–Trinajstić information content (AvgIpc) is 3.35. The van der Waals surface area contributed by atoms with E-state index in [9.17, 15) is 4.79 Å². The van der Waals surface area contributed by atoms with Crippen LogP contribution in [0.3, 0.4) is 0 Å². The van der Waals surface area contributed by atoms with Crippen molar-refractivity contribution in [2.75, 3.05) is 14.2 Å². The molecular weight excluding hydrogens is 356 g/mol. The Kier molecular flexibility index (Phi) is 5.85. The summed E-state index contributed by atoms with van der Waals surface area (Å²) < 4.78 is 21.0. The highest BCUT2D eigenvalue weighted by molar-refractivity contribution is 7.13. The Morgan fingerprint density at radius 3 is 2.81 bits per heavy atom. The van der Waals surface area contributed by atoms with Gasteiger partial charge >= 0.3 is 5.97 Å². The number of aryl methyl sites for hydroxylation is 1. The molecule has 26 heavy (non-hydrogen) atoms. The van der Waals surface area contributed by atoms with E-state index in [0.29, 0.717) is 29.6 Å². The van der Waals surface area contributed by atoms with E-state index in [2.05, 4.69) is 10.1 Å². The summed E-state index contributed by atoms with van der Waals surface area (Å²) in [4.78, 5) is 17.1. The molecule has 0 aliphatic carbocycles. The number of aromatic nitrogens is 2. The van der Waals surface area contributed by atoms with Crippen LogP contribution < -0.4 is 9.47 Å². The first-order chi connectivity index (χ1) is 12.7. The molecule has 0 unspecified atom stereocenters. The van der Waals surface area contributed by atoms with Crippen molar-refractivity contribution in [2.24, 2.45) is 0 Å². The molecule has 0 aliphatic heterocycles. The van der Waals surface area contributed by atoms with E-state index in [-0.39, 0.29) is 19.0 Å². The molecule has 8 heteroatoms. The second-order valence-corrected chi connectivity index (χ2v) is 6.25. The van der Waals surface area contributed by atoms with Crippen LogP contribution in [-0.2, 0) is 22.6 Å². The van der Waals surface area contributed by atoms with E-state index < -0.39 is 0 Å². The molecule has 3 aromatic rings. The molecule has 0 amide bonds. The van der Waals surface area contributed by atoms with Gasteiger partial charge in [-0.1, -0.05) is 23.4 Å². The highest BCUT2D eigenvalue weighted by Crippen LogP contribution is 2.31. The number of ether oxygens (including phenoxy) is 3. The van der Waals surface area contributed by atoms with Crippen molar-refractivity contribution >= 4 is 17.3 Å². The fourth-order valence-electron chi connectivity index (χ4n) is 2.42. The maximum absolute atomic E-state index is 12.0. The highest BCUT2D eigenvalue weighted by Gasteiger charge is 2.14. The van der Waals surface area contributed by atoms with Gasteiger partial charge in [-0.25, -0.2) is 0 Å². The lowest BCUT2D eigenvalue weighted by molar-refractivity contribution is -0.145. The Morgan fingerprint density at radius 1 is 1.19 bits per heavy atom. The third kappa shape index (κ3) is 4.20. The summed E-state index contributed by atoms with van der Waals surface area (Å²) in [6.45, 7) is -0.0248. The number of thiophene rings is 1. The third-order valence-electron chi connectivity index (χ3n) is 3.65. The van der Waals surface area contributed by atoms with Crippen molar-refractivity contribution in [1.82, 2.24) is 10.1 Å². The van der Waals surface area contributed by atoms with E-state index in [1.165, 1.54) is 11.3 Å². The van der Waals surface area contributed by atoms with Gasteiger partial charge in [-0.3, -0.25) is 4.79 Å². The quantitative estimate of drug-likeness (QED) is 0.558. The first-order valence-electron chi connectivity index (χ1n) is 7.93. The molecule has 2 heterocycles. The van der Waals surface area contributed by atoms with Crippen LogP contribution in [0.2, 0.25) is 0 Å². The molecule has 136 valence electrons. The number of hydrogen-bond donors (Lipinski definition) is 0. The summed E-state index contributed by atoms with van der Waals surface area (Å²) in [6.07, 6.45) is 0.686. The van der Waals surface area contributed by atoms with Crippen LogP contribution in [0.4, 0.5) is 0 Å². The second kappa shape index (κ2) is 8.48. The summed E-state index contributed by atoms with van der Waals surface area (Å²) in [6, 6.07) is 9.34. The minimum Gasteiger partial charge on any atom is -0.493 e. The van der Waals surface area contributed by atoms with Crippen molar-refractivity contribution in [3.63, 3.8) is 0 Å². The van der Waals surface area contributed by atoms with Crippen molar-refractivity contribution in [1.29, 1.82) is 0 Å². The number of esters is 1. The fraction of sp³-hybridized carbons (Fsp3) is 0.278. The van der Waals surface area contributed by atoms with Crippen LogP contribution >= 0.6 is 11.3 Å². The maximum atomic E-state index is 12.0. The zero-order valence-corrected chi connectivity index (χ0v) is 15.2. The summed E-state index contributed by atoms with van der Waals surface area (Å²) >= 11 is 1.50. The van der Waals surface area contributed by atoms with Gasteiger partial charge < -0.3 is 18.7 Å². The van der Waals surface area contributed by atoms with Gasteiger partial charge in [0.2, 0.25) is 5.82 Å². The summed E-state index contributed by atoms with van der Waals surface area (Å²) in [5.74, 6) is 1.66. The molecule has 0 N–H and O–H groups in total. The van der Waals surface area contributed by atoms with Crippen LogP contribution in [0.25, 0.3) is 10.8 Å². The van der Waals surface area contributed by atoms with E-state index in [1.54, 1.807) is 14.2 Å². The largest absolute Gasteiger partial charge is 0.493 e. The molecule has 0 saturated carbocycles. The van der Waals surface area contributed by atoms with Gasteiger partial charge in [-0.2, -0.15) is 4.98 Å². The number of hydrogen-bond acceptors (Lipinski definition) is 8. The number of carbonyl (C=O) groups excluding carboxylic acids is 1. The zero-order valence-electron chi connectivity index (χ0n) is 14.4. The Morgan fingerprint density at radius 2 is 2.08 bits per heavy atom. The van der Waals surface area contributed by atoms with Crippen LogP contribution in [-0.4, -0.2) is 30.3 Å². The number of nitrogens with zero attached hydrogens (tertiary/aromatic N) is 2. The van der Waals surface area contributed by atoms with Crippen molar-refractivity contribution in [3.8, 4) is 22.3 Å². The van der Waals surface area contributed by atoms with Crippen molar-refractivity contribution in [2.45, 2.75) is 19.4 Å². The Balaban J connectivity index is 1.52. The van der Waals surface area contributed by atoms with Crippen molar-refractivity contribution in [3.05, 3.63) is 47.1 Å². The number of carbonyl (C=O) groups is 1.